The number of nitriles is 1. The highest BCUT2D eigenvalue weighted by atomic mass is 35.5. The maximum Gasteiger partial charge on any atom is 0.270 e. The van der Waals surface area contributed by atoms with E-state index in [1.807, 2.05) is 0 Å². The average Bonchev–Trinajstić information content (AvgIpc) is 2.61. The van der Waals surface area contributed by atoms with E-state index in [9.17, 15) is 10.1 Å². The van der Waals surface area contributed by atoms with Crippen LogP contribution in [0.25, 0.3) is 10.8 Å². The number of aromatic nitrogens is 1. The average molecular weight is 344 g/mol. The zero-order chi connectivity index (χ0) is 17.1. The lowest BCUT2D eigenvalue weighted by atomic mass is 9.93. The summed E-state index contributed by atoms with van der Waals surface area (Å²) in [5.74, 6) is -0.251. The van der Waals surface area contributed by atoms with Gasteiger partial charge in [0.25, 0.3) is 5.91 Å². The molecule has 124 valence electrons. The van der Waals surface area contributed by atoms with Gasteiger partial charge in [-0.1, -0.05) is 23.7 Å². The van der Waals surface area contributed by atoms with Crippen molar-refractivity contribution in [2.24, 2.45) is 0 Å². The molecular weight excluding hydrogens is 326 g/mol. The van der Waals surface area contributed by atoms with Crippen molar-refractivity contribution in [1.82, 2.24) is 10.3 Å². The molecule has 0 aliphatic heterocycles. The summed E-state index contributed by atoms with van der Waals surface area (Å²) in [5.41, 5.74) is 0.745. The Morgan fingerprint density at radius 1 is 1.33 bits per heavy atom. The number of benzene rings is 1. The minimum Gasteiger partial charge on any atom is -0.381 e. The van der Waals surface area contributed by atoms with E-state index in [1.54, 1.807) is 31.4 Å². The van der Waals surface area contributed by atoms with E-state index < -0.39 is 0 Å². The van der Waals surface area contributed by atoms with Crippen LogP contribution in [0.3, 0.4) is 0 Å². The number of nitrogens with one attached hydrogen (secondary N) is 1. The van der Waals surface area contributed by atoms with E-state index in [4.69, 9.17) is 16.3 Å². The van der Waals surface area contributed by atoms with E-state index in [0.29, 0.717) is 16.3 Å². The first-order valence-electron chi connectivity index (χ1n) is 7.95. The molecule has 1 amide bonds. The normalized spacial score (nSPS) is 20.5. The van der Waals surface area contributed by atoms with Crippen LogP contribution in [0, 0.1) is 11.3 Å². The zero-order valence-electron chi connectivity index (χ0n) is 13.4. The number of halogens is 1. The fourth-order valence-electron chi connectivity index (χ4n) is 3.21. The number of carbonyl (C=O) groups excluding carboxylic acids is 1. The highest BCUT2D eigenvalue weighted by Crippen LogP contribution is 2.25. The van der Waals surface area contributed by atoms with Gasteiger partial charge in [-0.05, 0) is 37.8 Å². The van der Waals surface area contributed by atoms with Crippen LogP contribution in [0.15, 0.2) is 24.3 Å². The molecule has 1 saturated carbocycles. The monoisotopic (exact) mass is 343 g/mol. The van der Waals surface area contributed by atoms with Crippen LogP contribution in [-0.4, -0.2) is 30.1 Å². The number of hydrogen-bond donors (Lipinski definition) is 1. The van der Waals surface area contributed by atoms with Crippen LogP contribution in [0.5, 0.6) is 0 Å². The maximum atomic E-state index is 12.7. The molecule has 6 heteroatoms. The van der Waals surface area contributed by atoms with Gasteiger partial charge >= 0.3 is 0 Å². The molecule has 0 saturated heterocycles. The molecule has 1 N–H and O–H groups in total. The van der Waals surface area contributed by atoms with Gasteiger partial charge in [-0.3, -0.25) is 4.79 Å². The second kappa shape index (κ2) is 7.16. The molecule has 5 nitrogen and oxygen atoms in total. The Hall–Kier alpha value is -2.16. The molecule has 0 atom stereocenters. The molecule has 0 radical (unpaired) electrons. The van der Waals surface area contributed by atoms with Crippen LogP contribution in [0.2, 0.25) is 5.15 Å². The van der Waals surface area contributed by atoms with E-state index in [0.717, 1.165) is 25.7 Å². The summed E-state index contributed by atoms with van der Waals surface area (Å²) in [6.45, 7) is 0. The predicted octanol–water partition coefficient (Wildman–Crippen LogP) is 3.45. The lowest BCUT2D eigenvalue weighted by molar-refractivity contribution is 0.0598. The molecule has 24 heavy (non-hydrogen) atoms. The van der Waals surface area contributed by atoms with Gasteiger partial charge in [-0.2, -0.15) is 5.26 Å². The van der Waals surface area contributed by atoms with Crippen molar-refractivity contribution in [2.75, 3.05) is 7.11 Å². The Balaban J connectivity index is 1.87. The zero-order valence-corrected chi connectivity index (χ0v) is 14.1. The van der Waals surface area contributed by atoms with Gasteiger partial charge in [0, 0.05) is 23.9 Å². The van der Waals surface area contributed by atoms with Crippen LogP contribution < -0.4 is 5.32 Å². The van der Waals surface area contributed by atoms with Gasteiger partial charge in [-0.15, -0.1) is 0 Å². The summed E-state index contributed by atoms with van der Waals surface area (Å²) < 4.78 is 5.35. The third-order valence-electron chi connectivity index (χ3n) is 4.52. The van der Waals surface area contributed by atoms with Crippen LogP contribution in [-0.2, 0) is 4.74 Å². The van der Waals surface area contributed by atoms with Gasteiger partial charge in [0.15, 0.2) is 0 Å². The van der Waals surface area contributed by atoms with Gasteiger partial charge in [-0.25, -0.2) is 4.98 Å². The molecule has 1 fully saturated rings. The predicted molar refractivity (Wildman–Crippen MR) is 92.0 cm³/mol. The number of methoxy groups -OCH3 is 1. The van der Waals surface area contributed by atoms with Crippen molar-refractivity contribution in [3.63, 3.8) is 0 Å². The van der Waals surface area contributed by atoms with Crippen molar-refractivity contribution in [3.05, 3.63) is 40.7 Å². The summed E-state index contributed by atoms with van der Waals surface area (Å²) in [6.07, 6.45) is 3.91. The van der Waals surface area contributed by atoms with Crippen LogP contribution in [0.1, 0.15) is 41.7 Å². The fraction of sp³-hybridized carbons (Fsp3) is 0.389. The minimum absolute atomic E-state index is 0.110. The Labute approximate surface area is 145 Å². The van der Waals surface area contributed by atoms with Crippen molar-refractivity contribution < 1.29 is 9.53 Å². The molecule has 1 aromatic carbocycles. The molecule has 0 unspecified atom stereocenters. The number of rotatable bonds is 3. The minimum atomic E-state index is -0.251. The summed E-state index contributed by atoms with van der Waals surface area (Å²) >= 11 is 6.06. The third kappa shape index (κ3) is 3.35. The molecule has 2 aromatic rings. The van der Waals surface area contributed by atoms with Gasteiger partial charge < -0.3 is 10.1 Å². The summed E-state index contributed by atoms with van der Waals surface area (Å²) in [5, 5.41) is 13.8. The third-order valence-corrected chi connectivity index (χ3v) is 4.72. The van der Waals surface area contributed by atoms with E-state index in [2.05, 4.69) is 16.4 Å². The summed E-state index contributed by atoms with van der Waals surface area (Å²) in [7, 11) is 1.72. The number of hydrogen-bond acceptors (Lipinski definition) is 4. The van der Waals surface area contributed by atoms with E-state index in [1.165, 1.54) is 0 Å². The molecule has 0 spiro atoms. The Morgan fingerprint density at radius 3 is 2.75 bits per heavy atom. The lowest BCUT2D eigenvalue weighted by Crippen LogP contribution is -2.39. The number of amides is 1. The van der Waals surface area contributed by atoms with Crippen molar-refractivity contribution in [2.45, 2.75) is 37.8 Å². The SMILES string of the molecule is CO[C@H]1CC[C@H](NC(=O)c2nc(Cl)cc3c(C#N)cccc23)CC1. The van der Waals surface area contributed by atoms with Gasteiger partial charge in [0.05, 0.1) is 17.7 Å². The van der Waals surface area contributed by atoms with Crippen molar-refractivity contribution in [1.29, 1.82) is 5.26 Å². The Kier molecular flexibility index (Phi) is 4.98. The standard InChI is InChI=1S/C18H18ClN3O2/c1-24-13-7-5-12(6-8-13)21-18(23)17-14-4-2-3-11(10-20)15(14)9-16(19)22-17/h2-4,9,12-13H,5-8H2,1H3,(H,21,23)/t12-,13-. The molecule has 1 aliphatic rings. The first kappa shape index (κ1) is 16.7. The maximum absolute atomic E-state index is 12.7. The van der Waals surface area contributed by atoms with Gasteiger partial charge in [0.1, 0.15) is 10.8 Å². The summed E-state index contributed by atoms with van der Waals surface area (Å²) in [4.78, 5) is 16.9. The molecule has 1 aromatic heterocycles. The molecular formula is C18H18ClN3O2. The summed E-state index contributed by atoms with van der Waals surface area (Å²) in [6, 6.07) is 9.09. The number of nitrogens with zero attached hydrogens (tertiary/aromatic N) is 2. The molecule has 3 rings (SSSR count). The lowest BCUT2D eigenvalue weighted by Gasteiger charge is -2.28. The second-order valence-corrected chi connectivity index (χ2v) is 6.38. The highest BCUT2D eigenvalue weighted by Gasteiger charge is 2.24. The fourth-order valence-corrected chi connectivity index (χ4v) is 3.41. The number of fused-ring (bicyclic) bond motifs is 1. The number of pyridine rings is 1. The molecule has 1 aliphatic carbocycles. The van der Waals surface area contributed by atoms with Crippen molar-refractivity contribution in [3.8, 4) is 6.07 Å². The number of carbonyl (C=O) groups is 1. The molecule has 1 heterocycles. The van der Waals surface area contributed by atoms with Crippen molar-refractivity contribution >= 4 is 28.3 Å². The largest absolute Gasteiger partial charge is 0.381 e. The van der Waals surface area contributed by atoms with Crippen LogP contribution in [0.4, 0.5) is 0 Å². The smallest absolute Gasteiger partial charge is 0.270 e. The van der Waals surface area contributed by atoms with E-state index >= 15 is 0 Å². The first-order chi connectivity index (χ1) is 11.6. The van der Waals surface area contributed by atoms with E-state index in [-0.39, 0.29) is 28.9 Å². The highest BCUT2D eigenvalue weighted by molar-refractivity contribution is 6.30. The second-order valence-electron chi connectivity index (χ2n) is 5.99. The molecule has 0 bridgehead atoms. The Bertz CT molecular complexity index is 808. The topological polar surface area (TPSA) is 75.0 Å². The first-order valence-corrected chi connectivity index (χ1v) is 8.33. The number of ether oxygens (including phenoxy) is 1. The quantitative estimate of drug-likeness (QED) is 0.866. The van der Waals surface area contributed by atoms with Crippen LogP contribution >= 0.6 is 11.6 Å². The van der Waals surface area contributed by atoms with Gasteiger partial charge in [0.2, 0.25) is 0 Å². The Morgan fingerprint density at radius 2 is 2.08 bits per heavy atom.